The summed E-state index contributed by atoms with van der Waals surface area (Å²) in [4.78, 5) is 0. The molecule has 1 aliphatic heterocycles. The van der Waals surface area contributed by atoms with E-state index in [1.54, 1.807) is 6.26 Å². The average molecular weight is 248 g/mol. The second-order valence-corrected chi connectivity index (χ2v) is 5.96. The topological polar surface area (TPSA) is 37.2 Å². The molecule has 1 aromatic heterocycles. The number of hydrogen-bond donors (Lipinski definition) is 2. The molecular formula is C15H24N2O. The molecule has 100 valence electrons. The maximum Gasteiger partial charge on any atom is 0.105 e. The summed E-state index contributed by atoms with van der Waals surface area (Å²) >= 11 is 0. The molecule has 4 atom stereocenters. The summed E-state index contributed by atoms with van der Waals surface area (Å²) in [5.74, 6) is 2.96. The van der Waals surface area contributed by atoms with E-state index in [2.05, 4.69) is 23.6 Å². The van der Waals surface area contributed by atoms with E-state index in [1.165, 1.54) is 25.8 Å². The van der Waals surface area contributed by atoms with E-state index in [-0.39, 0.29) is 0 Å². The van der Waals surface area contributed by atoms with Crippen LogP contribution in [0.4, 0.5) is 0 Å². The van der Waals surface area contributed by atoms with Crippen LogP contribution < -0.4 is 10.6 Å². The minimum Gasteiger partial charge on any atom is -0.469 e. The Balaban J connectivity index is 1.43. The van der Waals surface area contributed by atoms with Gasteiger partial charge in [0.05, 0.1) is 6.26 Å². The molecule has 3 rings (SSSR count). The van der Waals surface area contributed by atoms with Gasteiger partial charge < -0.3 is 15.1 Å². The van der Waals surface area contributed by atoms with Gasteiger partial charge in [0, 0.05) is 25.0 Å². The predicted octanol–water partition coefficient (Wildman–Crippen LogP) is 2.19. The number of furan rings is 1. The second kappa shape index (κ2) is 5.45. The number of fused-ring (bicyclic) bond motifs is 1. The fourth-order valence-electron chi connectivity index (χ4n) is 3.66. The first-order valence-corrected chi connectivity index (χ1v) is 7.32. The van der Waals surface area contributed by atoms with Crippen molar-refractivity contribution in [2.24, 2.45) is 11.8 Å². The summed E-state index contributed by atoms with van der Waals surface area (Å²) in [6.45, 7) is 4.58. The zero-order valence-electron chi connectivity index (χ0n) is 11.2. The normalized spacial score (nSPS) is 32.6. The van der Waals surface area contributed by atoms with E-state index in [9.17, 15) is 0 Å². The Hall–Kier alpha value is -0.800. The van der Waals surface area contributed by atoms with Crippen LogP contribution in [0.5, 0.6) is 0 Å². The molecule has 4 unspecified atom stereocenters. The van der Waals surface area contributed by atoms with Crippen LogP contribution in [-0.4, -0.2) is 25.2 Å². The number of nitrogens with one attached hydrogen (secondary N) is 2. The summed E-state index contributed by atoms with van der Waals surface area (Å²) in [7, 11) is 0. The van der Waals surface area contributed by atoms with Crippen molar-refractivity contribution in [1.29, 1.82) is 0 Å². The Morgan fingerprint density at radius 3 is 3.28 bits per heavy atom. The van der Waals surface area contributed by atoms with Gasteiger partial charge in [-0.25, -0.2) is 0 Å². The van der Waals surface area contributed by atoms with Crippen molar-refractivity contribution in [2.45, 2.75) is 44.7 Å². The fourth-order valence-corrected chi connectivity index (χ4v) is 3.66. The predicted molar refractivity (Wildman–Crippen MR) is 72.5 cm³/mol. The van der Waals surface area contributed by atoms with E-state index in [1.807, 2.05) is 6.07 Å². The molecule has 1 aromatic rings. The van der Waals surface area contributed by atoms with E-state index in [0.717, 1.165) is 30.6 Å². The van der Waals surface area contributed by atoms with Crippen LogP contribution in [0.2, 0.25) is 0 Å². The van der Waals surface area contributed by atoms with Gasteiger partial charge >= 0.3 is 0 Å². The third-order valence-electron chi connectivity index (χ3n) is 4.65. The maximum atomic E-state index is 5.39. The molecule has 2 heterocycles. The van der Waals surface area contributed by atoms with Crippen LogP contribution in [0.1, 0.15) is 31.9 Å². The van der Waals surface area contributed by atoms with Gasteiger partial charge in [0.25, 0.3) is 0 Å². The first-order chi connectivity index (χ1) is 8.83. The van der Waals surface area contributed by atoms with E-state index in [0.29, 0.717) is 12.1 Å². The molecule has 18 heavy (non-hydrogen) atoms. The van der Waals surface area contributed by atoms with Gasteiger partial charge in [-0.15, -0.1) is 0 Å². The molecule has 0 radical (unpaired) electrons. The molecule has 0 aromatic carbocycles. The molecule has 0 amide bonds. The van der Waals surface area contributed by atoms with Crippen LogP contribution in [0.15, 0.2) is 22.8 Å². The van der Waals surface area contributed by atoms with Crippen LogP contribution in [0.3, 0.4) is 0 Å². The minimum atomic E-state index is 0.485. The Labute approximate surface area is 109 Å². The van der Waals surface area contributed by atoms with Gasteiger partial charge in [-0.1, -0.05) is 6.42 Å². The largest absolute Gasteiger partial charge is 0.469 e. The van der Waals surface area contributed by atoms with Crippen molar-refractivity contribution in [3.8, 4) is 0 Å². The molecule has 1 saturated carbocycles. The van der Waals surface area contributed by atoms with Crippen LogP contribution in [0.25, 0.3) is 0 Å². The van der Waals surface area contributed by atoms with Crippen LogP contribution >= 0.6 is 0 Å². The average Bonchev–Trinajstić information content (AvgIpc) is 3.03. The lowest BCUT2D eigenvalue weighted by Crippen LogP contribution is -2.41. The SMILES string of the molecule is CC(Cc1ccco1)NCC1NCC2CCCC21. The Kier molecular flexibility index (Phi) is 3.71. The lowest BCUT2D eigenvalue weighted by Gasteiger charge is -2.21. The van der Waals surface area contributed by atoms with Crippen molar-refractivity contribution in [3.05, 3.63) is 24.2 Å². The highest BCUT2D eigenvalue weighted by atomic mass is 16.3. The molecule has 2 N–H and O–H groups in total. The van der Waals surface area contributed by atoms with E-state index < -0.39 is 0 Å². The zero-order valence-corrected chi connectivity index (χ0v) is 11.2. The number of hydrogen-bond acceptors (Lipinski definition) is 3. The van der Waals surface area contributed by atoms with Crippen LogP contribution in [0, 0.1) is 11.8 Å². The summed E-state index contributed by atoms with van der Waals surface area (Å²) < 4.78 is 5.39. The minimum absolute atomic E-state index is 0.485. The van der Waals surface area contributed by atoms with Crippen molar-refractivity contribution in [2.75, 3.05) is 13.1 Å². The van der Waals surface area contributed by atoms with Crippen molar-refractivity contribution < 1.29 is 4.42 Å². The third-order valence-corrected chi connectivity index (χ3v) is 4.65. The van der Waals surface area contributed by atoms with Crippen molar-refractivity contribution in [1.82, 2.24) is 10.6 Å². The van der Waals surface area contributed by atoms with Gasteiger partial charge in [-0.2, -0.15) is 0 Å². The summed E-state index contributed by atoms with van der Waals surface area (Å²) in [6, 6.07) is 5.19. The van der Waals surface area contributed by atoms with E-state index >= 15 is 0 Å². The van der Waals surface area contributed by atoms with Gasteiger partial charge in [0.2, 0.25) is 0 Å². The molecule has 2 fully saturated rings. The lowest BCUT2D eigenvalue weighted by molar-refractivity contribution is 0.371. The van der Waals surface area contributed by atoms with Gasteiger partial charge in [0.15, 0.2) is 0 Å². The highest BCUT2D eigenvalue weighted by Gasteiger charge is 2.38. The molecule has 2 aliphatic rings. The Bertz CT molecular complexity index is 363. The first-order valence-electron chi connectivity index (χ1n) is 7.32. The van der Waals surface area contributed by atoms with Gasteiger partial charge in [0.1, 0.15) is 5.76 Å². The summed E-state index contributed by atoms with van der Waals surface area (Å²) in [5, 5.41) is 7.34. The van der Waals surface area contributed by atoms with Crippen LogP contribution in [-0.2, 0) is 6.42 Å². The van der Waals surface area contributed by atoms with Gasteiger partial charge in [-0.05, 0) is 50.3 Å². The molecular weight excluding hydrogens is 224 g/mol. The molecule has 0 spiro atoms. The third kappa shape index (κ3) is 2.62. The molecule has 1 saturated heterocycles. The highest BCUT2D eigenvalue weighted by molar-refractivity contribution is 5.00. The monoisotopic (exact) mass is 248 g/mol. The Morgan fingerprint density at radius 2 is 2.44 bits per heavy atom. The fraction of sp³-hybridized carbons (Fsp3) is 0.733. The molecule has 0 bridgehead atoms. The maximum absolute atomic E-state index is 5.39. The van der Waals surface area contributed by atoms with Crippen molar-refractivity contribution in [3.63, 3.8) is 0 Å². The molecule has 1 aliphatic carbocycles. The zero-order chi connectivity index (χ0) is 12.4. The standard InChI is InChI=1S/C15H24N2O/c1-11(8-13-5-3-7-18-13)16-10-15-14-6-2-4-12(14)9-17-15/h3,5,7,11-12,14-17H,2,4,6,8-10H2,1H3. The Morgan fingerprint density at radius 1 is 1.50 bits per heavy atom. The number of rotatable bonds is 5. The second-order valence-electron chi connectivity index (χ2n) is 5.96. The summed E-state index contributed by atoms with van der Waals surface area (Å²) in [6.07, 6.45) is 7.04. The molecule has 3 heteroatoms. The smallest absolute Gasteiger partial charge is 0.105 e. The quantitative estimate of drug-likeness (QED) is 0.838. The molecule has 3 nitrogen and oxygen atoms in total. The lowest BCUT2D eigenvalue weighted by atomic mass is 9.94. The summed E-state index contributed by atoms with van der Waals surface area (Å²) in [5.41, 5.74) is 0. The van der Waals surface area contributed by atoms with Crippen molar-refractivity contribution >= 4 is 0 Å². The first kappa shape index (κ1) is 12.2. The van der Waals surface area contributed by atoms with E-state index in [4.69, 9.17) is 4.42 Å². The van der Waals surface area contributed by atoms with Gasteiger partial charge in [-0.3, -0.25) is 0 Å². The highest BCUT2D eigenvalue weighted by Crippen LogP contribution is 2.37.